The molecule has 230 valence electrons. The zero-order valence-electron chi connectivity index (χ0n) is 24.8. The van der Waals surface area contributed by atoms with Crippen LogP contribution in [0, 0.1) is 0 Å². The van der Waals surface area contributed by atoms with Crippen molar-refractivity contribution in [2.75, 3.05) is 19.5 Å². The number of amides is 2. The van der Waals surface area contributed by atoms with Crippen LogP contribution in [0.15, 0.2) is 71.7 Å². The number of halogens is 2. The first kappa shape index (κ1) is 30.2. The maximum absolute atomic E-state index is 14.2. The molecule has 45 heavy (non-hydrogen) atoms. The Bertz CT molecular complexity index is 2000. The van der Waals surface area contributed by atoms with E-state index in [9.17, 15) is 14.4 Å². The smallest absolute Gasteiger partial charge is 0.263 e. The van der Waals surface area contributed by atoms with Gasteiger partial charge in [-0.3, -0.25) is 14.4 Å². The Labute approximate surface area is 268 Å². The topological polar surface area (TPSA) is 121 Å². The molecule has 6 rings (SSSR count). The number of carbonyl (C=O) groups is 2. The number of benzene rings is 3. The lowest BCUT2D eigenvalue weighted by molar-refractivity contribution is 0.0653. The van der Waals surface area contributed by atoms with Gasteiger partial charge in [0.2, 0.25) is 5.95 Å². The van der Waals surface area contributed by atoms with E-state index < -0.39 is 0 Å². The van der Waals surface area contributed by atoms with Gasteiger partial charge in [0.05, 0.1) is 35.1 Å². The van der Waals surface area contributed by atoms with Gasteiger partial charge in [-0.1, -0.05) is 23.2 Å². The molecular formula is C33H30Cl2N6O4. The number of hydrogen-bond donors (Lipinski definition) is 3. The third-order valence-corrected chi connectivity index (χ3v) is 8.81. The van der Waals surface area contributed by atoms with Crippen molar-refractivity contribution >= 4 is 51.9 Å². The molecule has 0 unspecified atom stereocenters. The minimum atomic E-state index is -0.280. The van der Waals surface area contributed by atoms with Crippen molar-refractivity contribution in [3.05, 3.63) is 115 Å². The van der Waals surface area contributed by atoms with Crippen LogP contribution >= 0.6 is 23.2 Å². The summed E-state index contributed by atoms with van der Waals surface area (Å²) in [5.74, 6) is 0.570. The molecule has 10 nitrogen and oxygen atoms in total. The summed E-state index contributed by atoms with van der Waals surface area (Å²) in [5.41, 5.74) is 4.09. The van der Waals surface area contributed by atoms with Crippen molar-refractivity contribution in [1.82, 2.24) is 24.8 Å². The highest BCUT2D eigenvalue weighted by Crippen LogP contribution is 2.29. The van der Waals surface area contributed by atoms with Crippen LogP contribution in [0.4, 0.5) is 5.95 Å². The summed E-state index contributed by atoms with van der Waals surface area (Å²) in [6.45, 7) is 2.38. The van der Waals surface area contributed by atoms with Gasteiger partial charge in [0, 0.05) is 53.4 Å². The summed E-state index contributed by atoms with van der Waals surface area (Å²) in [7, 11) is 3.18. The highest BCUT2D eigenvalue weighted by Gasteiger charge is 2.32. The quantitative estimate of drug-likeness (QED) is 0.212. The third-order valence-electron chi connectivity index (χ3n) is 8.07. The van der Waals surface area contributed by atoms with Gasteiger partial charge in [-0.25, -0.2) is 9.55 Å². The second-order valence-corrected chi connectivity index (χ2v) is 11.6. The van der Waals surface area contributed by atoms with Crippen molar-refractivity contribution in [1.29, 1.82) is 0 Å². The number of anilines is 1. The van der Waals surface area contributed by atoms with Gasteiger partial charge in [0.25, 0.3) is 17.4 Å². The van der Waals surface area contributed by atoms with Gasteiger partial charge in [-0.05, 0) is 79.6 Å². The van der Waals surface area contributed by atoms with Gasteiger partial charge in [0.15, 0.2) is 0 Å². The summed E-state index contributed by atoms with van der Waals surface area (Å²) in [4.78, 5) is 49.8. The van der Waals surface area contributed by atoms with Crippen LogP contribution in [0.25, 0.3) is 16.6 Å². The van der Waals surface area contributed by atoms with E-state index in [1.807, 2.05) is 31.3 Å². The van der Waals surface area contributed by atoms with Crippen LogP contribution in [-0.4, -0.2) is 51.4 Å². The van der Waals surface area contributed by atoms with Crippen LogP contribution in [-0.2, 0) is 19.5 Å². The number of nitrogens with zero attached hydrogens (tertiary/aromatic N) is 3. The van der Waals surface area contributed by atoms with E-state index in [4.69, 9.17) is 32.9 Å². The lowest BCUT2D eigenvalue weighted by Gasteiger charge is -2.34. The molecule has 0 fully saturated rings. The molecule has 0 radical (unpaired) electrons. The second kappa shape index (κ2) is 12.3. The fourth-order valence-electron chi connectivity index (χ4n) is 5.59. The van der Waals surface area contributed by atoms with Crippen molar-refractivity contribution in [3.63, 3.8) is 0 Å². The summed E-state index contributed by atoms with van der Waals surface area (Å²) in [6, 6.07) is 17.0. The van der Waals surface area contributed by atoms with Crippen molar-refractivity contribution in [2.45, 2.75) is 32.5 Å². The molecule has 12 heteroatoms. The Kier molecular flexibility index (Phi) is 8.26. The van der Waals surface area contributed by atoms with Crippen molar-refractivity contribution < 1.29 is 14.3 Å². The zero-order chi connectivity index (χ0) is 31.8. The first-order valence-corrected chi connectivity index (χ1v) is 15.0. The molecule has 3 N–H and O–H groups in total. The largest absolute Gasteiger partial charge is 0.497 e. The van der Waals surface area contributed by atoms with E-state index in [1.165, 1.54) is 4.57 Å². The van der Waals surface area contributed by atoms with E-state index in [-0.39, 0.29) is 35.0 Å². The highest BCUT2D eigenvalue weighted by molar-refractivity contribution is 6.42. The van der Waals surface area contributed by atoms with Crippen molar-refractivity contribution in [2.24, 2.45) is 0 Å². The average Bonchev–Trinajstić information content (AvgIpc) is 3.46. The molecule has 1 aliphatic heterocycles. The molecule has 2 aromatic heterocycles. The summed E-state index contributed by atoms with van der Waals surface area (Å²) in [5, 5.41) is 7.59. The lowest BCUT2D eigenvalue weighted by atomic mass is 9.98. The summed E-state index contributed by atoms with van der Waals surface area (Å²) >= 11 is 12.3. The van der Waals surface area contributed by atoms with Crippen LogP contribution in [0.5, 0.6) is 5.75 Å². The number of nitrogens with one attached hydrogen (secondary N) is 3. The highest BCUT2D eigenvalue weighted by atomic mass is 35.5. The average molecular weight is 646 g/mol. The van der Waals surface area contributed by atoms with Crippen molar-refractivity contribution in [3.8, 4) is 11.4 Å². The van der Waals surface area contributed by atoms with E-state index in [0.717, 1.165) is 22.2 Å². The number of hydrogen-bond acceptors (Lipinski definition) is 6. The number of carbonyl (C=O) groups excluding carboxylic acids is 2. The Balaban J connectivity index is 1.40. The fourth-order valence-corrected chi connectivity index (χ4v) is 5.89. The molecule has 0 spiro atoms. The Hall–Kier alpha value is -4.80. The van der Waals surface area contributed by atoms with Crippen LogP contribution in [0.3, 0.4) is 0 Å². The Morgan fingerprint density at radius 3 is 2.51 bits per heavy atom. The molecule has 0 saturated heterocycles. The Morgan fingerprint density at radius 1 is 1.04 bits per heavy atom. The SMILES string of the molecule is CNC(=O)c1ccc(-n2c(NCc3c[nH]c4ccc(OC)cc34)nc3c(c2=O)C[C@@H](C)N(C(=O)c2ccc(Cl)c(Cl)c2)C3)cc1. The predicted octanol–water partition coefficient (Wildman–Crippen LogP) is 5.59. The predicted molar refractivity (Wildman–Crippen MR) is 175 cm³/mol. The number of rotatable bonds is 7. The Morgan fingerprint density at radius 2 is 1.80 bits per heavy atom. The van der Waals surface area contributed by atoms with Gasteiger partial charge in [0.1, 0.15) is 5.75 Å². The molecule has 3 aromatic carbocycles. The number of H-pyrrole nitrogens is 1. The fraction of sp³-hybridized carbons (Fsp3) is 0.212. The number of aromatic nitrogens is 3. The molecule has 1 atom stereocenters. The molecular weight excluding hydrogens is 615 g/mol. The van der Waals surface area contributed by atoms with E-state index in [2.05, 4.69) is 15.6 Å². The number of aromatic amines is 1. The van der Waals surface area contributed by atoms with Crippen LogP contribution in [0.1, 0.15) is 44.5 Å². The molecule has 0 saturated carbocycles. The van der Waals surface area contributed by atoms with Gasteiger partial charge < -0.3 is 25.3 Å². The molecule has 1 aliphatic rings. The van der Waals surface area contributed by atoms with E-state index in [0.29, 0.717) is 52.0 Å². The first-order valence-electron chi connectivity index (χ1n) is 14.3. The normalized spacial score (nSPS) is 14.2. The lowest BCUT2D eigenvalue weighted by Crippen LogP contribution is -2.46. The van der Waals surface area contributed by atoms with E-state index in [1.54, 1.807) is 61.5 Å². The molecule has 0 aliphatic carbocycles. The number of fused-ring (bicyclic) bond motifs is 2. The van der Waals surface area contributed by atoms with Gasteiger partial charge in [-0.2, -0.15) is 0 Å². The minimum absolute atomic E-state index is 0.139. The minimum Gasteiger partial charge on any atom is -0.497 e. The number of methoxy groups -OCH3 is 1. The summed E-state index contributed by atoms with van der Waals surface area (Å²) < 4.78 is 6.93. The second-order valence-electron chi connectivity index (χ2n) is 10.8. The standard InChI is InChI=1S/C33H30Cl2N6O4/c1-18-12-25-29(17-40(18)31(43)20-6-10-26(34)27(35)13-20)39-33(38-16-21-15-37-28-11-9-23(45-3)14-24(21)28)41(32(25)44)22-7-4-19(5-8-22)30(42)36-2/h4-11,13-15,18,37H,12,16-17H2,1-3H3,(H,36,42)(H,38,39)/t18-/m1/s1. The molecule has 0 bridgehead atoms. The monoisotopic (exact) mass is 644 g/mol. The van der Waals surface area contributed by atoms with Crippen LogP contribution in [0.2, 0.25) is 10.0 Å². The van der Waals surface area contributed by atoms with Gasteiger partial charge in [-0.15, -0.1) is 0 Å². The molecule has 3 heterocycles. The first-order chi connectivity index (χ1) is 21.7. The van der Waals surface area contributed by atoms with E-state index >= 15 is 0 Å². The maximum atomic E-state index is 14.2. The third kappa shape index (κ3) is 5.74. The molecule has 5 aromatic rings. The van der Waals surface area contributed by atoms with Gasteiger partial charge >= 0.3 is 0 Å². The maximum Gasteiger partial charge on any atom is 0.263 e. The molecule has 2 amide bonds. The van der Waals surface area contributed by atoms with Crippen LogP contribution < -0.4 is 20.9 Å². The number of ether oxygens (including phenoxy) is 1. The zero-order valence-corrected chi connectivity index (χ0v) is 26.3. The summed E-state index contributed by atoms with van der Waals surface area (Å²) in [6.07, 6.45) is 2.21.